The number of urea groups is 1. The average molecular weight is 421 g/mol. The van der Waals surface area contributed by atoms with Crippen molar-refractivity contribution >= 4 is 52.8 Å². The van der Waals surface area contributed by atoms with Crippen molar-refractivity contribution in [2.75, 3.05) is 12.0 Å². The van der Waals surface area contributed by atoms with Gasteiger partial charge in [-0.3, -0.25) is 14.9 Å². The van der Waals surface area contributed by atoms with Crippen LogP contribution in [0.1, 0.15) is 11.1 Å². The Hall–Kier alpha value is -3.03. The van der Waals surface area contributed by atoms with Crippen LogP contribution in [0.25, 0.3) is 6.08 Å². The van der Waals surface area contributed by atoms with Crippen LogP contribution in [0.2, 0.25) is 10.0 Å². The van der Waals surface area contributed by atoms with Crippen LogP contribution in [0.4, 0.5) is 10.5 Å². The van der Waals surface area contributed by atoms with Gasteiger partial charge in [0.2, 0.25) is 0 Å². The molecule has 2 aromatic rings. The van der Waals surface area contributed by atoms with Crippen LogP contribution in [0.3, 0.4) is 0 Å². The summed E-state index contributed by atoms with van der Waals surface area (Å²) in [5.74, 6) is -1.87. The standard InChI is InChI=1S/C19H14Cl2N2O5/c1-9-12(20)4-3-5-14(9)23-18(26)11(17(25)22-19(23)27)6-10-7-13(21)16(24)15(8-10)28-2/h3-8,24H,1-2H3,(H,22,25,27)/b11-6-. The number of phenolic OH excluding ortho intramolecular Hbond substituents is 1. The summed E-state index contributed by atoms with van der Waals surface area (Å²) >= 11 is 12.0. The summed E-state index contributed by atoms with van der Waals surface area (Å²) in [6.45, 7) is 1.66. The third kappa shape index (κ3) is 3.42. The first-order valence-electron chi connectivity index (χ1n) is 7.97. The molecule has 3 rings (SSSR count). The zero-order valence-corrected chi connectivity index (χ0v) is 16.3. The van der Waals surface area contributed by atoms with Gasteiger partial charge in [-0.05, 0) is 48.4 Å². The lowest BCUT2D eigenvalue weighted by Crippen LogP contribution is -2.54. The van der Waals surface area contributed by atoms with E-state index in [1.807, 2.05) is 0 Å². The Bertz CT molecular complexity index is 1050. The van der Waals surface area contributed by atoms with Gasteiger partial charge in [0, 0.05) is 5.02 Å². The van der Waals surface area contributed by atoms with Crippen LogP contribution < -0.4 is 15.0 Å². The Morgan fingerprint density at radius 1 is 1.14 bits per heavy atom. The van der Waals surface area contributed by atoms with E-state index in [9.17, 15) is 19.5 Å². The van der Waals surface area contributed by atoms with Gasteiger partial charge >= 0.3 is 6.03 Å². The fourth-order valence-electron chi connectivity index (χ4n) is 2.71. The molecule has 2 aromatic carbocycles. The van der Waals surface area contributed by atoms with Crippen molar-refractivity contribution in [1.82, 2.24) is 5.32 Å². The van der Waals surface area contributed by atoms with Crippen LogP contribution in [-0.2, 0) is 9.59 Å². The highest BCUT2D eigenvalue weighted by atomic mass is 35.5. The number of carbonyl (C=O) groups is 3. The largest absolute Gasteiger partial charge is 0.503 e. The second-order valence-corrected chi connectivity index (χ2v) is 6.71. The van der Waals surface area contributed by atoms with Crippen LogP contribution in [-0.4, -0.2) is 30.1 Å². The molecule has 2 N–H and O–H groups in total. The summed E-state index contributed by atoms with van der Waals surface area (Å²) in [5, 5.41) is 12.3. The lowest BCUT2D eigenvalue weighted by atomic mass is 10.1. The van der Waals surface area contributed by atoms with Crippen LogP contribution in [0.15, 0.2) is 35.9 Å². The molecule has 0 atom stereocenters. The molecule has 7 nitrogen and oxygen atoms in total. The second-order valence-electron chi connectivity index (χ2n) is 5.90. The van der Waals surface area contributed by atoms with Gasteiger partial charge in [-0.25, -0.2) is 9.69 Å². The van der Waals surface area contributed by atoms with E-state index in [2.05, 4.69) is 5.32 Å². The third-order valence-corrected chi connectivity index (χ3v) is 4.86. The number of phenols is 1. The number of hydrogen-bond acceptors (Lipinski definition) is 5. The molecule has 144 valence electrons. The fourth-order valence-corrected chi connectivity index (χ4v) is 3.10. The molecular formula is C19H14Cl2N2O5. The number of aromatic hydroxyl groups is 1. The smallest absolute Gasteiger partial charge is 0.335 e. The maximum atomic E-state index is 12.9. The van der Waals surface area contributed by atoms with Gasteiger partial charge in [-0.1, -0.05) is 29.3 Å². The molecule has 9 heteroatoms. The number of hydrogen-bond donors (Lipinski definition) is 2. The summed E-state index contributed by atoms with van der Waals surface area (Å²) < 4.78 is 5.02. The van der Waals surface area contributed by atoms with E-state index in [-0.39, 0.29) is 27.8 Å². The van der Waals surface area contributed by atoms with Gasteiger partial charge in [0.1, 0.15) is 5.57 Å². The highest BCUT2D eigenvalue weighted by Gasteiger charge is 2.37. The van der Waals surface area contributed by atoms with Crippen molar-refractivity contribution in [1.29, 1.82) is 0 Å². The van der Waals surface area contributed by atoms with E-state index in [4.69, 9.17) is 27.9 Å². The second kappa shape index (κ2) is 7.53. The number of carbonyl (C=O) groups excluding carboxylic acids is 3. The number of amides is 4. The number of anilines is 1. The molecule has 0 aliphatic carbocycles. The van der Waals surface area contributed by atoms with Crippen molar-refractivity contribution in [3.05, 3.63) is 57.1 Å². The number of methoxy groups -OCH3 is 1. The molecule has 0 spiro atoms. The number of nitrogens with zero attached hydrogens (tertiary/aromatic N) is 1. The summed E-state index contributed by atoms with van der Waals surface area (Å²) in [7, 11) is 1.34. The molecule has 0 bridgehead atoms. The quantitative estimate of drug-likeness (QED) is 0.582. The third-order valence-electron chi connectivity index (χ3n) is 4.16. The summed E-state index contributed by atoms with van der Waals surface area (Å²) in [4.78, 5) is 38.4. The van der Waals surface area contributed by atoms with E-state index < -0.39 is 17.8 Å². The minimum atomic E-state index is -0.876. The van der Waals surface area contributed by atoms with Gasteiger partial charge in [0.05, 0.1) is 17.8 Å². The molecule has 4 amide bonds. The summed E-state index contributed by atoms with van der Waals surface area (Å²) in [6, 6.07) is 6.65. The molecule has 1 heterocycles. The van der Waals surface area contributed by atoms with Gasteiger partial charge in [-0.2, -0.15) is 0 Å². The van der Waals surface area contributed by atoms with Crippen molar-refractivity contribution in [3.63, 3.8) is 0 Å². The average Bonchev–Trinajstić information content (AvgIpc) is 2.64. The molecular weight excluding hydrogens is 407 g/mol. The first-order valence-corrected chi connectivity index (χ1v) is 8.73. The Labute approximate surface area is 170 Å². The zero-order chi connectivity index (χ0) is 20.6. The van der Waals surface area contributed by atoms with E-state index in [1.165, 1.54) is 25.3 Å². The summed E-state index contributed by atoms with van der Waals surface area (Å²) in [6.07, 6.45) is 1.25. The lowest BCUT2D eigenvalue weighted by molar-refractivity contribution is -0.122. The minimum Gasteiger partial charge on any atom is -0.503 e. The molecule has 0 aromatic heterocycles. The van der Waals surface area contributed by atoms with E-state index in [0.29, 0.717) is 16.1 Å². The van der Waals surface area contributed by atoms with Crippen molar-refractivity contribution in [2.45, 2.75) is 6.92 Å². The number of rotatable bonds is 3. The first-order chi connectivity index (χ1) is 13.2. The summed E-state index contributed by atoms with van der Waals surface area (Å²) in [5.41, 5.74) is 0.809. The molecule has 1 fully saturated rings. The SMILES string of the molecule is COc1cc(/C=C2/C(=O)NC(=O)N(c3cccc(Cl)c3C)C2=O)cc(Cl)c1O. The van der Waals surface area contributed by atoms with Crippen molar-refractivity contribution < 1.29 is 24.2 Å². The van der Waals surface area contributed by atoms with Crippen molar-refractivity contribution in [2.24, 2.45) is 0 Å². The maximum Gasteiger partial charge on any atom is 0.335 e. The van der Waals surface area contributed by atoms with E-state index in [1.54, 1.807) is 25.1 Å². The number of nitrogens with one attached hydrogen (secondary N) is 1. The molecule has 0 unspecified atom stereocenters. The lowest BCUT2D eigenvalue weighted by Gasteiger charge is -2.27. The highest BCUT2D eigenvalue weighted by Crippen LogP contribution is 2.36. The first kappa shape index (κ1) is 19.7. The van der Waals surface area contributed by atoms with Crippen LogP contribution in [0.5, 0.6) is 11.5 Å². The number of benzene rings is 2. The molecule has 1 saturated heterocycles. The van der Waals surface area contributed by atoms with E-state index in [0.717, 1.165) is 4.90 Å². The number of barbiturate groups is 1. The van der Waals surface area contributed by atoms with Gasteiger partial charge in [-0.15, -0.1) is 0 Å². The molecule has 1 aliphatic rings. The minimum absolute atomic E-state index is 0.0199. The Kier molecular flexibility index (Phi) is 5.31. The topological polar surface area (TPSA) is 95.9 Å². The van der Waals surface area contributed by atoms with Gasteiger partial charge in [0.25, 0.3) is 11.8 Å². The predicted molar refractivity (Wildman–Crippen MR) is 105 cm³/mol. The monoisotopic (exact) mass is 420 g/mol. The van der Waals surface area contributed by atoms with E-state index >= 15 is 0 Å². The Morgan fingerprint density at radius 2 is 1.86 bits per heavy atom. The Balaban J connectivity index is 2.09. The molecule has 28 heavy (non-hydrogen) atoms. The molecule has 0 radical (unpaired) electrons. The predicted octanol–water partition coefficient (Wildman–Crippen LogP) is 3.68. The zero-order valence-electron chi connectivity index (χ0n) is 14.7. The molecule has 0 saturated carbocycles. The van der Waals surface area contributed by atoms with Crippen LogP contribution in [0, 0.1) is 6.92 Å². The highest BCUT2D eigenvalue weighted by molar-refractivity contribution is 6.40. The maximum absolute atomic E-state index is 12.9. The van der Waals surface area contributed by atoms with Crippen LogP contribution >= 0.6 is 23.2 Å². The van der Waals surface area contributed by atoms with Gasteiger partial charge < -0.3 is 9.84 Å². The molecule has 1 aliphatic heterocycles. The number of halogens is 2. The van der Waals surface area contributed by atoms with Gasteiger partial charge in [0.15, 0.2) is 11.5 Å². The number of imide groups is 2. The van der Waals surface area contributed by atoms with Crippen molar-refractivity contribution in [3.8, 4) is 11.5 Å². The number of ether oxygens (including phenoxy) is 1. The fraction of sp³-hybridized carbons (Fsp3) is 0.105. The normalized spacial score (nSPS) is 15.8. The Morgan fingerprint density at radius 3 is 2.54 bits per heavy atom.